The van der Waals surface area contributed by atoms with Crippen LogP contribution in [-0.2, 0) is 4.79 Å². The number of piperidine rings is 1. The number of aryl methyl sites for hydroxylation is 1. The molecule has 2 aromatic heterocycles. The number of nitrogens with zero attached hydrogens (tertiary/aromatic N) is 6. The quantitative estimate of drug-likeness (QED) is 0.280. The average molecular weight is 532 g/mol. The first-order valence-electron chi connectivity index (χ1n) is 12.3. The number of carbonyl (C=O) groups excluding carboxylic acids is 1. The van der Waals surface area contributed by atoms with E-state index in [-0.39, 0.29) is 23.7 Å². The number of rotatable bonds is 9. The number of halogens is 1. The van der Waals surface area contributed by atoms with Crippen molar-refractivity contribution < 1.29 is 13.9 Å². The zero-order valence-corrected chi connectivity index (χ0v) is 21.8. The lowest BCUT2D eigenvalue weighted by molar-refractivity contribution is -0.117. The number of carbonyl (C=O) groups is 1. The smallest absolute Gasteiger partial charge is 0.322 e. The molecule has 11 nitrogen and oxygen atoms in total. The molecule has 1 amide bonds. The molecule has 4 N–H and O–H groups in total. The summed E-state index contributed by atoms with van der Waals surface area (Å²) in [5.74, 6) is 0.144. The number of aliphatic imine (C=N–C) groups is 1. The molecule has 1 saturated heterocycles. The summed E-state index contributed by atoms with van der Waals surface area (Å²) in [6, 6.07) is 6.44. The van der Waals surface area contributed by atoms with E-state index < -0.39 is 5.82 Å². The lowest BCUT2D eigenvalue weighted by Gasteiger charge is -2.34. The number of hydrogen-bond acceptors (Lipinski definition) is 10. The maximum Gasteiger partial charge on any atom is 0.322 e. The van der Waals surface area contributed by atoms with Crippen LogP contribution in [0.3, 0.4) is 0 Å². The van der Waals surface area contributed by atoms with Crippen LogP contribution in [0.1, 0.15) is 18.5 Å². The first-order valence-corrected chi connectivity index (χ1v) is 12.3. The highest BCUT2D eigenvalue weighted by Crippen LogP contribution is 2.34. The largest absolute Gasteiger partial charge is 0.421 e. The molecule has 1 aliphatic rings. The standard InChI is InChI=1S/C27H30FN9O2/c1-4-24(38)34-19-8-11-37(12-9-19)25-21(16-32-26(36-25)35-20(14-29)15-30-3)18-5-6-23(22(28)13-18)39-27-31-10-7-17(2)33-27/h4-7,10,13-16,19H,1,8-9,11-12,29H2,2-3H3,(H,34,38)(H,32,35,36). The van der Waals surface area contributed by atoms with Crippen LogP contribution in [0.2, 0.25) is 0 Å². The topological polar surface area (TPSA) is 144 Å². The second-order valence-electron chi connectivity index (χ2n) is 8.77. The van der Waals surface area contributed by atoms with E-state index in [0.717, 1.165) is 0 Å². The van der Waals surface area contributed by atoms with E-state index in [1.807, 2.05) is 0 Å². The number of allylic oxidation sites excluding steroid dienone is 1. The maximum atomic E-state index is 15.2. The minimum atomic E-state index is -0.580. The van der Waals surface area contributed by atoms with Gasteiger partial charge in [0.2, 0.25) is 11.9 Å². The number of anilines is 2. The van der Waals surface area contributed by atoms with Gasteiger partial charge in [-0.05, 0) is 49.6 Å². The van der Waals surface area contributed by atoms with Crippen LogP contribution in [0.5, 0.6) is 11.8 Å². The van der Waals surface area contributed by atoms with Crippen LogP contribution in [0.25, 0.3) is 11.1 Å². The Morgan fingerprint density at radius 1 is 1.26 bits per heavy atom. The Kier molecular flexibility index (Phi) is 8.77. The van der Waals surface area contributed by atoms with Crippen molar-refractivity contribution in [2.45, 2.75) is 25.8 Å². The van der Waals surface area contributed by atoms with Crippen molar-refractivity contribution in [1.29, 1.82) is 0 Å². The Labute approximate surface area is 225 Å². The van der Waals surface area contributed by atoms with Gasteiger partial charge < -0.3 is 26.0 Å². The fourth-order valence-corrected chi connectivity index (χ4v) is 4.08. The summed E-state index contributed by atoms with van der Waals surface area (Å²) < 4.78 is 20.7. The second kappa shape index (κ2) is 12.6. The SMILES string of the molecule is C=CC(=O)NC1CCN(c2nc(NC(C=NC)=CN)ncc2-c2ccc(Oc3nccc(C)n3)c(F)c2)CC1. The Balaban J connectivity index is 1.64. The van der Waals surface area contributed by atoms with Gasteiger partial charge in [-0.2, -0.15) is 4.98 Å². The minimum Gasteiger partial charge on any atom is -0.421 e. The summed E-state index contributed by atoms with van der Waals surface area (Å²) in [5, 5.41) is 5.99. The van der Waals surface area contributed by atoms with E-state index in [1.54, 1.807) is 44.7 Å². The monoisotopic (exact) mass is 531 g/mol. The fraction of sp³-hybridized carbons (Fsp3) is 0.259. The van der Waals surface area contributed by atoms with E-state index in [1.165, 1.54) is 24.4 Å². The van der Waals surface area contributed by atoms with Crippen molar-refractivity contribution in [2.75, 3.05) is 30.4 Å². The molecule has 0 aliphatic carbocycles. The zero-order chi connectivity index (χ0) is 27.8. The van der Waals surface area contributed by atoms with Gasteiger partial charge in [0.05, 0.1) is 5.70 Å². The Bertz CT molecular complexity index is 1400. The van der Waals surface area contributed by atoms with Crippen molar-refractivity contribution in [3.63, 3.8) is 0 Å². The molecule has 0 bridgehead atoms. The number of amides is 1. The van der Waals surface area contributed by atoms with Crippen molar-refractivity contribution in [2.24, 2.45) is 10.7 Å². The number of hydrogen-bond donors (Lipinski definition) is 3. The molecule has 0 radical (unpaired) electrons. The van der Waals surface area contributed by atoms with Gasteiger partial charge >= 0.3 is 6.01 Å². The molecule has 4 rings (SSSR count). The van der Waals surface area contributed by atoms with E-state index in [0.29, 0.717) is 60.2 Å². The summed E-state index contributed by atoms with van der Waals surface area (Å²) in [6.45, 7) is 6.55. The molecule has 1 fully saturated rings. The molecular formula is C27H30FN9O2. The van der Waals surface area contributed by atoms with Gasteiger partial charge in [0.25, 0.3) is 0 Å². The Morgan fingerprint density at radius 3 is 2.72 bits per heavy atom. The number of nitrogens with two attached hydrogens (primary N) is 1. The zero-order valence-electron chi connectivity index (χ0n) is 21.8. The van der Waals surface area contributed by atoms with Crippen LogP contribution < -0.4 is 26.0 Å². The van der Waals surface area contributed by atoms with Crippen LogP contribution in [0, 0.1) is 12.7 Å². The van der Waals surface area contributed by atoms with Crippen LogP contribution in [0.15, 0.2) is 66.2 Å². The molecule has 0 atom stereocenters. The number of aromatic nitrogens is 4. The van der Waals surface area contributed by atoms with Crippen molar-refractivity contribution in [3.05, 3.63) is 72.7 Å². The molecule has 39 heavy (non-hydrogen) atoms. The molecule has 1 aromatic carbocycles. The fourth-order valence-electron chi connectivity index (χ4n) is 4.08. The highest BCUT2D eigenvalue weighted by Gasteiger charge is 2.24. The normalized spacial score (nSPS) is 14.3. The predicted octanol–water partition coefficient (Wildman–Crippen LogP) is 3.36. The van der Waals surface area contributed by atoms with Crippen molar-refractivity contribution in [3.8, 4) is 22.9 Å². The molecule has 3 heterocycles. The lowest BCUT2D eigenvalue weighted by Crippen LogP contribution is -2.44. The lowest BCUT2D eigenvalue weighted by atomic mass is 10.0. The summed E-state index contributed by atoms with van der Waals surface area (Å²) in [6.07, 6.45) is 8.78. The van der Waals surface area contributed by atoms with Gasteiger partial charge in [-0.15, -0.1) is 0 Å². The third-order valence-electron chi connectivity index (χ3n) is 6.02. The maximum absolute atomic E-state index is 15.2. The van der Waals surface area contributed by atoms with Gasteiger partial charge in [-0.3, -0.25) is 9.79 Å². The molecule has 0 unspecified atom stereocenters. The average Bonchev–Trinajstić information content (AvgIpc) is 2.94. The second-order valence-corrected chi connectivity index (χ2v) is 8.77. The van der Waals surface area contributed by atoms with E-state index in [9.17, 15) is 4.79 Å². The summed E-state index contributed by atoms with van der Waals surface area (Å²) in [4.78, 5) is 35.1. The third-order valence-corrected chi connectivity index (χ3v) is 6.02. The summed E-state index contributed by atoms with van der Waals surface area (Å²) in [7, 11) is 1.63. The van der Waals surface area contributed by atoms with Gasteiger partial charge in [0, 0.05) is 62.2 Å². The molecule has 0 spiro atoms. The minimum absolute atomic E-state index is 0.000423. The molecule has 1 aliphatic heterocycles. The van der Waals surface area contributed by atoms with Crippen LogP contribution in [-0.4, -0.2) is 58.2 Å². The highest BCUT2D eigenvalue weighted by molar-refractivity contribution is 5.87. The van der Waals surface area contributed by atoms with Crippen molar-refractivity contribution in [1.82, 2.24) is 25.3 Å². The van der Waals surface area contributed by atoms with Gasteiger partial charge in [0.1, 0.15) is 5.82 Å². The van der Waals surface area contributed by atoms with Gasteiger partial charge in [-0.1, -0.05) is 12.6 Å². The summed E-state index contributed by atoms with van der Waals surface area (Å²) >= 11 is 0. The number of ether oxygens (including phenoxy) is 1. The third kappa shape index (κ3) is 6.92. The Hall–Kier alpha value is -4.87. The predicted molar refractivity (Wildman–Crippen MR) is 148 cm³/mol. The molecule has 3 aromatic rings. The van der Waals surface area contributed by atoms with Crippen LogP contribution >= 0.6 is 0 Å². The first kappa shape index (κ1) is 27.2. The molecular weight excluding hydrogens is 501 g/mol. The molecule has 12 heteroatoms. The first-order chi connectivity index (χ1) is 18.9. The molecule has 202 valence electrons. The van der Waals surface area contributed by atoms with E-state index in [4.69, 9.17) is 15.5 Å². The van der Waals surface area contributed by atoms with E-state index >= 15 is 4.39 Å². The van der Waals surface area contributed by atoms with Crippen LogP contribution in [0.4, 0.5) is 16.2 Å². The van der Waals surface area contributed by atoms with Gasteiger partial charge in [0.15, 0.2) is 11.6 Å². The number of benzene rings is 1. The molecule has 0 saturated carbocycles. The van der Waals surface area contributed by atoms with E-state index in [2.05, 4.69) is 42.1 Å². The highest BCUT2D eigenvalue weighted by atomic mass is 19.1. The number of nitrogens with one attached hydrogen (secondary N) is 2. The van der Waals surface area contributed by atoms with Crippen molar-refractivity contribution >= 4 is 23.9 Å². The summed E-state index contributed by atoms with van der Waals surface area (Å²) in [5.41, 5.74) is 8.11. The van der Waals surface area contributed by atoms with Gasteiger partial charge in [-0.25, -0.2) is 19.3 Å². The Morgan fingerprint density at radius 2 is 2.05 bits per heavy atom.